The number of aryl methyl sites for hydroxylation is 1. The first-order valence-corrected chi connectivity index (χ1v) is 7.09. The van der Waals surface area contributed by atoms with Gasteiger partial charge >= 0.3 is 0 Å². The zero-order valence-corrected chi connectivity index (χ0v) is 11.1. The molecule has 0 amide bonds. The van der Waals surface area contributed by atoms with Gasteiger partial charge in [-0.2, -0.15) is 0 Å². The van der Waals surface area contributed by atoms with E-state index in [1.165, 1.54) is 37.7 Å². The average Bonchev–Trinajstić information content (AvgIpc) is 2.86. The van der Waals surface area contributed by atoms with Gasteiger partial charge in [0.1, 0.15) is 5.76 Å². The molecule has 1 aromatic rings. The largest absolute Gasteiger partial charge is 0.469 e. The molecule has 0 radical (unpaired) electrons. The molecule has 0 aromatic carbocycles. The zero-order chi connectivity index (χ0) is 12.3. The van der Waals surface area contributed by atoms with Crippen LogP contribution in [0.3, 0.4) is 0 Å². The van der Waals surface area contributed by atoms with Crippen molar-refractivity contribution in [2.45, 2.75) is 58.4 Å². The molecule has 17 heavy (non-hydrogen) atoms. The minimum Gasteiger partial charge on any atom is -0.469 e. The summed E-state index contributed by atoms with van der Waals surface area (Å²) in [4.78, 5) is 0. The summed E-state index contributed by atoms with van der Waals surface area (Å²) in [6.45, 7) is 4.43. The maximum Gasteiger partial charge on any atom is 0.108 e. The first-order chi connectivity index (χ1) is 8.27. The first kappa shape index (κ1) is 12.7. The Hall–Kier alpha value is -0.760. The predicted molar refractivity (Wildman–Crippen MR) is 70.8 cm³/mol. The number of nitrogens with two attached hydrogens (primary N) is 1. The monoisotopic (exact) mass is 235 g/mol. The van der Waals surface area contributed by atoms with Gasteiger partial charge in [0, 0.05) is 18.0 Å². The molecule has 0 saturated heterocycles. The zero-order valence-electron chi connectivity index (χ0n) is 11.1. The molecular weight excluding hydrogens is 210 g/mol. The van der Waals surface area contributed by atoms with E-state index in [0.717, 1.165) is 18.1 Å². The van der Waals surface area contributed by atoms with Crippen LogP contribution in [0, 0.1) is 11.8 Å². The summed E-state index contributed by atoms with van der Waals surface area (Å²) in [6.07, 6.45) is 9.36. The molecule has 1 aromatic heterocycles. The molecule has 0 spiro atoms. The lowest BCUT2D eigenvalue weighted by molar-refractivity contribution is 0.195. The average molecular weight is 235 g/mol. The lowest BCUT2D eigenvalue weighted by Crippen LogP contribution is -2.30. The van der Waals surface area contributed by atoms with Crippen molar-refractivity contribution in [3.8, 4) is 0 Å². The van der Waals surface area contributed by atoms with Crippen LogP contribution in [0.15, 0.2) is 16.7 Å². The van der Waals surface area contributed by atoms with Crippen molar-refractivity contribution >= 4 is 0 Å². The summed E-state index contributed by atoms with van der Waals surface area (Å²) in [6, 6.07) is 2.25. The topological polar surface area (TPSA) is 39.2 Å². The van der Waals surface area contributed by atoms with Crippen LogP contribution in [0.4, 0.5) is 0 Å². The van der Waals surface area contributed by atoms with Gasteiger partial charge in [0.25, 0.3) is 0 Å². The fourth-order valence-electron chi connectivity index (χ4n) is 3.38. The highest BCUT2D eigenvalue weighted by atomic mass is 16.3. The summed E-state index contributed by atoms with van der Waals surface area (Å²) in [5.74, 6) is 2.54. The van der Waals surface area contributed by atoms with E-state index < -0.39 is 0 Å². The maximum atomic E-state index is 6.50. The molecule has 2 heteroatoms. The van der Waals surface area contributed by atoms with Gasteiger partial charge < -0.3 is 10.2 Å². The molecule has 2 nitrogen and oxygen atoms in total. The van der Waals surface area contributed by atoms with Crippen molar-refractivity contribution < 1.29 is 4.42 Å². The standard InChI is InChI=1S/C15H25NO/c1-3-11-7-5-6-8-12(11)15(16)13-9-10-17-14(13)4-2/h9-12,15H,3-8,16H2,1-2H3. The van der Waals surface area contributed by atoms with Crippen molar-refractivity contribution in [2.24, 2.45) is 17.6 Å². The minimum atomic E-state index is 0.175. The Morgan fingerprint density at radius 3 is 2.82 bits per heavy atom. The van der Waals surface area contributed by atoms with Gasteiger partial charge in [0.05, 0.1) is 6.26 Å². The van der Waals surface area contributed by atoms with Crippen LogP contribution in [0.1, 0.15) is 63.3 Å². The summed E-state index contributed by atoms with van der Waals surface area (Å²) in [5.41, 5.74) is 7.74. The van der Waals surface area contributed by atoms with E-state index in [1.54, 1.807) is 6.26 Å². The second-order valence-corrected chi connectivity index (χ2v) is 5.30. The maximum absolute atomic E-state index is 6.50. The van der Waals surface area contributed by atoms with E-state index in [0.29, 0.717) is 5.92 Å². The molecule has 0 aliphatic heterocycles. The fourth-order valence-corrected chi connectivity index (χ4v) is 3.38. The van der Waals surface area contributed by atoms with Crippen LogP contribution < -0.4 is 5.73 Å². The fraction of sp³-hybridized carbons (Fsp3) is 0.733. The molecule has 1 heterocycles. The Bertz CT molecular complexity index is 344. The minimum absolute atomic E-state index is 0.175. The molecule has 2 N–H and O–H groups in total. The van der Waals surface area contributed by atoms with Crippen LogP contribution in [-0.2, 0) is 6.42 Å². The third-order valence-corrected chi connectivity index (χ3v) is 4.41. The van der Waals surface area contributed by atoms with Gasteiger partial charge in [-0.15, -0.1) is 0 Å². The van der Waals surface area contributed by atoms with E-state index >= 15 is 0 Å². The van der Waals surface area contributed by atoms with Crippen molar-refractivity contribution in [1.29, 1.82) is 0 Å². The van der Waals surface area contributed by atoms with Crippen LogP contribution in [0.2, 0.25) is 0 Å². The van der Waals surface area contributed by atoms with Crippen LogP contribution in [0.5, 0.6) is 0 Å². The Balaban J connectivity index is 2.15. The molecule has 3 atom stereocenters. The summed E-state index contributed by atoms with van der Waals surface area (Å²) in [5, 5.41) is 0. The number of rotatable bonds is 4. The van der Waals surface area contributed by atoms with Gasteiger partial charge in [-0.3, -0.25) is 0 Å². The molecule has 2 rings (SSSR count). The van der Waals surface area contributed by atoms with Crippen LogP contribution in [-0.4, -0.2) is 0 Å². The lowest BCUT2D eigenvalue weighted by atomic mass is 9.72. The number of furan rings is 1. The van der Waals surface area contributed by atoms with Gasteiger partial charge in [-0.05, 0) is 24.3 Å². The molecule has 0 bridgehead atoms. The lowest BCUT2D eigenvalue weighted by Gasteiger charge is -2.35. The Labute approximate surface area is 105 Å². The van der Waals surface area contributed by atoms with Crippen molar-refractivity contribution in [2.75, 3.05) is 0 Å². The molecular formula is C15H25NO. The number of hydrogen-bond acceptors (Lipinski definition) is 2. The second-order valence-electron chi connectivity index (χ2n) is 5.30. The third-order valence-electron chi connectivity index (χ3n) is 4.41. The predicted octanol–water partition coefficient (Wildman–Crippen LogP) is 4.06. The summed E-state index contributed by atoms with van der Waals surface area (Å²) < 4.78 is 5.51. The SMILES string of the molecule is CCc1occc1C(N)C1CCCCC1CC. The Kier molecular flexibility index (Phi) is 4.27. The van der Waals surface area contributed by atoms with Gasteiger partial charge in [0.2, 0.25) is 0 Å². The van der Waals surface area contributed by atoms with Crippen LogP contribution in [0.25, 0.3) is 0 Å². The Morgan fingerprint density at radius 1 is 1.35 bits per heavy atom. The quantitative estimate of drug-likeness (QED) is 0.854. The second kappa shape index (κ2) is 5.72. The molecule has 1 saturated carbocycles. The van der Waals surface area contributed by atoms with Crippen molar-refractivity contribution in [3.63, 3.8) is 0 Å². The molecule has 1 fully saturated rings. The third kappa shape index (κ3) is 2.57. The van der Waals surface area contributed by atoms with Gasteiger partial charge in [0.15, 0.2) is 0 Å². The summed E-state index contributed by atoms with van der Waals surface area (Å²) in [7, 11) is 0. The van der Waals surface area contributed by atoms with E-state index in [-0.39, 0.29) is 6.04 Å². The molecule has 3 unspecified atom stereocenters. The number of hydrogen-bond donors (Lipinski definition) is 1. The van der Waals surface area contributed by atoms with Gasteiger partial charge in [-0.1, -0.05) is 39.5 Å². The van der Waals surface area contributed by atoms with Crippen LogP contribution >= 0.6 is 0 Å². The smallest absolute Gasteiger partial charge is 0.108 e. The van der Waals surface area contributed by atoms with Gasteiger partial charge in [-0.25, -0.2) is 0 Å². The first-order valence-electron chi connectivity index (χ1n) is 7.09. The van der Waals surface area contributed by atoms with E-state index in [4.69, 9.17) is 10.2 Å². The Morgan fingerprint density at radius 2 is 2.12 bits per heavy atom. The van der Waals surface area contributed by atoms with E-state index in [9.17, 15) is 0 Å². The highest BCUT2D eigenvalue weighted by Gasteiger charge is 2.31. The molecule has 96 valence electrons. The highest BCUT2D eigenvalue weighted by molar-refractivity contribution is 5.22. The van der Waals surface area contributed by atoms with E-state index in [2.05, 4.69) is 19.9 Å². The summed E-state index contributed by atoms with van der Waals surface area (Å²) >= 11 is 0. The molecule has 1 aliphatic carbocycles. The van der Waals surface area contributed by atoms with E-state index in [1.807, 2.05) is 0 Å². The van der Waals surface area contributed by atoms with Crippen molar-refractivity contribution in [1.82, 2.24) is 0 Å². The normalized spacial score (nSPS) is 27.0. The van der Waals surface area contributed by atoms with Crippen molar-refractivity contribution in [3.05, 3.63) is 23.7 Å². The molecule has 1 aliphatic rings. The highest BCUT2D eigenvalue weighted by Crippen LogP contribution is 2.40.